The van der Waals surface area contributed by atoms with E-state index in [4.69, 9.17) is 10.5 Å². The largest absolute Gasteiger partial charge is 0.508 e. The fraction of sp³-hybridized carbons (Fsp3) is 0.771. The summed E-state index contributed by atoms with van der Waals surface area (Å²) in [7, 11) is 1.93. The number of Topliss-reactive ketones (excluding diaryl/α,β-unsaturated/α-hetero) is 2. The van der Waals surface area contributed by atoms with Gasteiger partial charge in [-0.05, 0) is 245 Å². The number of β-amino-alcohol motifs (C(OH)–C–C–N with tert-alkyl or cyclic N) is 1. The second kappa shape index (κ2) is 19.5. The molecule has 10 fully saturated rings. The number of phenols is 1. The molecule has 2 aromatic carbocycles. The molecule has 80 heavy (non-hydrogen) atoms. The second-order valence-corrected chi connectivity index (χ2v) is 31.4. The minimum atomic E-state index is -0.951. The molecule has 12 aliphatic rings. The third kappa shape index (κ3) is 8.08. The lowest BCUT2D eigenvalue weighted by Crippen LogP contribution is -2.77. The van der Waals surface area contributed by atoms with Gasteiger partial charge in [0, 0.05) is 48.2 Å². The van der Waals surface area contributed by atoms with Crippen LogP contribution in [0, 0.1) is 80.8 Å². The van der Waals surface area contributed by atoms with E-state index in [2.05, 4.69) is 76.4 Å². The lowest BCUT2D eigenvalue weighted by atomic mass is 9.29. The quantitative estimate of drug-likeness (QED) is 0.0895. The molecular weight excluding hydrogens is 995 g/mol. The monoisotopic (exact) mass is 1100 g/mol. The molecule has 2 aromatic rings. The molecule has 10 nitrogen and oxygen atoms in total. The van der Waals surface area contributed by atoms with Gasteiger partial charge >= 0.3 is 0 Å². The Kier molecular flexibility index (Phi) is 13.6. The van der Waals surface area contributed by atoms with Crippen molar-refractivity contribution in [2.45, 2.75) is 237 Å². The van der Waals surface area contributed by atoms with Crippen LogP contribution in [0.2, 0.25) is 0 Å². The number of phenolic OH excluding ortho intramolecular Hbond substituents is 1. The second-order valence-electron chi connectivity index (χ2n) is 31.4. The Labute approximate surface area is 479 Å². The Balaban J connectivity index is 0.947. The molecule has 0 aromatic heterocycles. The Morgan fingerprint density at radius 1 is 0.825 bits per heavy atom. The van der Waals surface area contributed by atoms with Crippen LogP contribution in [0.4, 0.5) is 5.69 Å². The summed E-state index contributed by atoms with van der Waals surface area (Å²) in [5.41, 5.74) is 9.34. The topological polar surface area (TPSA) is 178 Å². The smallest absolute Gasteiger partial charge is 0.160 e. The highest BCUT2D eigenvalue weighted by Crippen LogP contribution is 2.82. The number of fused-ring (bicyclic) bond motifs is 2. The predicted molar refractivity (Wildman–Crippen MR) is 315 cm³/mol. The van der Waals surface area contributed by atoms with Gasteiger partial charge in [-0.2, -0.15) is 0 Å². The highest BCUT2D eigenvalue weighted by molar-refractivity contribution is 6.01. The Morgan fingerprint density at radius 2 is 1.57 bits per heavy atom. The number of aliphatic hydroxyl groups is 3. The van der Waals surface area contributed by atoms with Crippen molar-refractivity contribution in [3.63, 3.8) is 0 Å². The van der Waals surface area contributed by atoms with Gasteiger partial charge in [0.15, 0.2) is 5.78 Å². The number of nitrogens with two attached hydrogens (primary N) is 1. The van der Waals surface area contributed by atoms with Crippen LogP contribution in [-0.2, 0) is 32.7 Å². The van der Waals surface area contributed by atoms with Crippen LogP contribution in [0.15, 0.2) is 47.5 Å². The number of ether oxygens (including phenoxy) is 1. The van der Waals surface area contributed by atoms with Crippen molar-refractivity contribution in [3.05, 3.63) is 69.8 Å². The summed E-state index contributed by atoms with van der Waals surface area (Å²) in [6.45, 7) is 17.2. The average Bonchev–Trinajstić information content (AvgIpc) is 2.98. The van der Waals surface area contributed by atoms with Crippen LogP contribution in [-0.4, -0.2) is 81.1 Å². The van der Waals surface area contributed by atoms with E-state index in [0.29, 0.717) is 74.1 Å². The summed E-state index contributed by atoms with van der Waals surface area (Å²) in [6, 6.07) is 12.7. The molecule has 2 aliphatic heterocycles. The van der Waals surface area contributed by atoms with Gasteiger partial charge in [0.25, 0.3) is 0 Å². The molecule has 14 rings (SSSR count). The van der Waals surface area contributed by atoms with Crippen molar-refractivity contribution in [2.24, 2.45) is 80.8 Å². The highest BCUT2D eigenvalue weighted by atomic mass is 16.6. The number of hydrogen-bond acceptors (Lipinski definition) is 10. The van der Waals surface area contributed by atoms with E-state index in [1.54, 1.807) is 0 Å². The van der Waals surface area contributed by atoms with Gasteiger partial charge in [-0.15, -0.1) is 0 Å². The van der Waals surface area contributed by atoms with E-state index < -0.39 is 49.9 Å². The summed E-state index contributed by atoms with van der Waals surface area (Å²) in [5.74, 6) is 2.97. The van der Waals surface area contributed by atoms with Gasteiger partial charge in [-0.25, -0.2) is 0 Å². The third-order valence-electron chi connectivity index (χ3n) is 26.6. The van der Waals surface area contributed by atoms with E-state index in [9.17, 15) is 20.4 Å². The van der Waals surface area contributed by atoms with Gasteiger partial charge in [0.2, 0.25) is 0 Å². The number of hydrogen-bond donors (Lipinski definition) is 7. The molecule has 10 aliphatic carbocycles. The molecule has 20 unspecified atom stereocenters. The van der Waals surface area contributed by atoms with Crippen molar-refractivity contribution in [1.82, 2.24) is 10.6 Å². The van der Waals surface area contributed by atoms with Gasteiger partial charge in [-0.3, -0.25) is 9.59 Å². The first-order chi connectivity index (χ1) is 38.0. The van der Waals surface area contributed by atoms with Gasteiger partial charge in [0.05, 0.1) is 22.7 Å². The minimum Gasteiger partial charge on any atom is -0.508 e. The number of epoxide rings is 1. The number of nitrogen functional groups attached to an aromatic ring is 1. The number of nitrogens with one attached hydrogen (secondary N) is 2. The number of rotatable bonds is 10. The number of aromatic hydroxyl groups is 1. The molecule has 438 valence electrons. The molecule has 9 bridgehead atoms. The van der Waals surface area contributed by atoms with Gasteiger partial charge in [0.1, 0.15) is 17.6 Å². The third-order valence-corrected chi connectivity index (χ3v) is 26.6. The standard InChI is InChI=1S/C70H101N3O7/c1-40(2)27-41-28-45(32-48(71)30-41)50-15-12-16-52(50)67(7)60(80-67)59(77)51-20-18-44-14-11-13-43-17-19-46(36-74)70-38-69-26-25-68(47-29-42(35-72-8)31-49(75)33-47)37-65(5,61(69)64(4,62(68)78)24-10-9-23-63(3,79)39-73-69)55(70)22-21-53-58(57(51)56(43)44)54(76)34-66(53,70)6/h28-33,40,43-44,46,50-52,55-57,59-61,72-75,77,79H,9-27,34-39,71H2,1-8H3. The maximum Gasteiger partial charge on any atom is 0.160 e. The fourth-order valence-electron chi connectivity index (χ4n) is 24.2. The lowest BCUT2D eigenvalue weighted by molar-refractivity contribution is -0.244. The SMILES string of the molecule is CNCc1cc(O)cc(C23CCC45CC67C(CO)CCC8CCCC9CCC(C(O)C%10OC%10(C)C%10CCCC%10c%10cc(N)cc(CC(C)C)c%10)C(C%10=C(CCC6C(C)(C2)C4C(C)(CCCCC(C)(O)CN5)C3=O)C7(C)CC%10=O)C98)c1. The fourth-order valence-corrected chi connectivity index (χ4v) is 24.2. The number of aliphatic hydroxyl groups excluding tert-OH is 2. The van der Waals surface area contributed by atoms with Crippen LogP contribution >= 0.6 is 0 Å². The summed E-state index contributed by atoms with van der Waals surface area (Å²) >= 11 is 0. The minimum absolute atomic E-state index is 0.0419. The molecule has 0 amide bonds. The Morgan fingerprint density at radius 3 is 2.33 bits per heavy atom. The summed E-state index contributed by atoms with van der Waals surface area (Å²) in [6.07, 6.45) is 18.6. The van der Waals surface area contributed by atoms with Crippen molar-refractivity contribution in [2.75, 3.05) is 25.9 Å². The van der Waals surface area contributed by atoms with Crippen LogP contribution in [0.3, 0.4) is 0 Å². The zero-order valence-corrected chi connectivity index (χ0v) is 50.2. The molecule has 2 saturated heterocycles. The van der Waals surface area contributed by atoms with Crippen molar-refractivity contribution < 1.29 is 34.8 Å². The molecule has 1 spiro atoms. The van der Waals surface area contributed by atoms with E-state index in [1.807, 2.05) is 26.1 Å². The number of allylic oxidation sites excluding steroid dienone is 2. The number of carbonyl (C=O) groups is 2. The Bertz CT molecular complexity index is 2830. The highest BCUT2D eigenvalue weighted by Gasteiger charge is 2.81. The summed E-state index contributed by atoms with van der Waals surface area (Å²) in [4.78, 5) is 32.7. The number of ketones is 2. The maximum atomic E-state index is 16.4. The van der Waals surface area contributed by atoms with Crippen LogP contribution in [0.5, 0.6) is 5.75 Å². The van der Waals surface area contributed by atoms with E-state index in [0.717, 1.165) is 125 Å². The van der Waals surface area contributed by atoms with E-state index in [1.165, 1.54) is 29.5 Å². The molecular formula is C70H101N3O7. The van der Waals surface area contributed by atoms with E-state index >= 15 is 9.59 Å². The zero-order valence-electron chi connectivity index (χ0n) is 50.2. The summed E-state index contributed by atoms with van der Waals surface area (Å²) < 4.78 is 7.04. The van der Waals surface area contributed by atoms with Crippen molar-refractivity contribution >= 4 is 17.3 Å². The number of anilines is 1. The molecule has 10 heteroatoms. The first-order valence-electron chi connectivity index (χ1n) is 32.6. The Hall–Kier alpha value is -3.12. The van der Waals surface area contributed by atoms with Crippen molar-refractivity contribution in [3.8, 4) is 5.75 Å². The van der Waals surface area contributed by atoms with Crippen LogP contribution in [0.25, 0.3) is 0 Å². The van der Waals surface area contributed by atoms with Gasteiger partial charge < -0.3 is 41.5 Å². The van der Waals surface area contributed by atoms with Crippen LogP contribution < -0.4 is 16.4 Å². The predicted octanol–water partition coefficient (Wildman–Crippen LogP) is 11.8. The van der Waals surface area contributed by atoms with Crippen molar-refractivity contribution in [1.29, 1.82) is 0 Å². The van der Waals surface area contributed by atoms with E-state index in [-0.39, 0.29) is 59.8 Å². The molecule has 0 radical (unpaired) electrons. The summed E-state index contributed by atoms with van der Waals surface area (Å²) in [5, 5.41) is 57.5. The normalized spacial score (nSPS) is 47.1. The molecule has 8 N–H and O–H groups in total. The maximum absolute atomic E-state index is 16.4. The lowest BCUT2D eigenvalue weighted by Gasteiger charge is -2.75. The zero-order chi connectivity index (χ0) is 56.3. The first kappa shape index (κ1) is 56.0. The van der Waals surface area contributed by atoms with Crippen LogP contribution in [0.1, 0.15) is 211 Å². The van der Waals surface area contributed by atoms with Gasteiger partial charge in [-0.1, -0.05) is 90.8 Å². The number of carbonyl (C=O) groups excluding carboxylic acids is 2. The molecule has 20 atom stereocenters. The molecule has 2 heterocycles. The first-order valence-corrected chi connectivity index (χ1v) is 32.6. The number of benzene rings is 2. The molecule has 8 saturated carbocycles. The average molecular weight is 1100 g/mol.